The van der Waals surface area contributed by atoms with E-state index in [0.717, 1.165) is 36.6 Å². The first-order valence-electron chi connectivity index (χ1n) is 15.3. The van der Waals surface area contributed by atoms with Crippen LogP contribution in [-0.4, -0.2) is 68.6 Å². The Morgan fingerprint density at radius 2 is 1.82 bits per heavy atom. The maximum atomic E-state index is 15.1. The summed E-state index contributed by atoms with van der Waals surface area (Å²) in [5.74, 6) is 0.661. The van der Waals surface area contributed by atoms with Gasteiger partial charge in [0.15, 0.2) is 5.65 Å². The highest BCUT2D eigenvalue weighted by molar-refractivity contribution is 6.33. The molecule has 234 valence electrons. The van der Waals surface area contributed by atoms with Gasteiger partial charge in [-0.05, 0) is 69.0 Å². The van der Waals surface area contributed by atoms with E-state index in [-0.39, 0.29) is 40.2 Å². The molecule has 2 aliphatic rings. The van der Waals surface area contributed by atoms with Crippen LogP contribution in [-0.2, 0) is 4.79 Å². The summed E-state index contributed by atoms with van der Waals surface area (Å²) in [6.45, 7) is 16.4. The number of fused-ring (bicyclic) bond motifs is 1. The molecule has 45 heavy (non-hydrogen) atoms. The third kappa shape index (κ3) is 5.35. The van der Waals surface area contributed by atoms with E-state index in [4.69, 9.17) is 21.6 Å². The zero-order chi connectivity index (χ0) is 32.2. The van der Waals surface area contributed by atoms with Crippen molar-refractivity contribution in [2.24, 2.45) is 0 Å². The highest BCUT2D eigenvalue weighted by atomic mass is 35.5. The van der Waals surface area contributed by atoms with Crippen LogP contribution >= 0.6 is 11.6 Å². The van der Waals surface area contributed by atoms with Crippen LogP contribution in [0.15, 0.2) is 53.8 Å². The second-order valence-electron chi connectivity index (χ2n) is 12.3. The van der Waals surface area contributed by atoms with Crippen molar-refractivity contribution in [1.82, 2.24) is 24.4 Å². The van der Waals surface area contributed by atoms with Gasteiger partial charge >= 0.3 is 5.69 Å². The summed E-state index contributed by atoms with van der Waals surface area (Å²) in [5.41, 5.74) is 2.45. The molecule has 9 nitrogen and oxygen atoms in total. The summed E-state index contributed by atoms with van der Waals surface area (Å²) in [5, 5.41) is 0.775. The molecule has 1 aromatic carbocycles. The number of piperazine rings is 1. The summed E-state index contributed by atoms with van der Waals surface area (Å²) in [7, 11) is 0. The molecule has 2 aliphatic heterocycles. The molecule has 2 saturated heterocycles. The monoisotopic (exact) mass is 629 g/mol. The van der Waals surface area contributed by atoms with E-state index >= 15 is 4.39 Å². The maximum absolute atomic E-state index is 15.1. The molecule has 0 saturated carbocycles. The summed E-state index contributed by atoms with van der Waals surface area (Å²) in [4.78, 5) is 47.5. The average molecular weight is 630 g/mol. The van der Waals surface area contributed by atoms with Crippen molar-refractivity contribution in [3.05, 3.63) is 81.6 Å². The molecule has 4 aromatic rings. The zero-order valence-corrected chi connectivity index (χ0v) is 27.0. The number of rotatable bonds is 6. The number of anilines is 2. The number of pyridine rings is 2. The van der Waals surface area contributed by atoms with Crippen LogP contribution < -0.4 is 15.5 Å². The number of aromatic nitrogens is 4. The van der Waals surface area contributed by atoms with E-state index in [0.29, 0.717) is 35.6 Å². The Labute approximate surface area is 267 Å². The number of benzene rings is 1. The van der Waals surface area contributed by atoms with Crippen LogP contribution in [0.3, 0.4) is 0 Å². The van der Waals surface area contributed by atoms with Crippen molar-refractivity contribution < 1.29 is 9.18 Å². The Kier molecular flexibility index (Phi) is 8.11. The predicted molar refractivity (Wildman–Crippen MR) is 177 cm³/mol. The van der Waals surface area contributed by atoms with Crippen molar-refractivity contribution in [3.63, 3.8) is 0 Å². The van der Waals surface area contributed by atoms with E-state index in [9.17, 15) is 9.59 Å². The standard InChI is InChI=1S/C34H37ClFN7O2/c1-7-28(44)41-17-22(6)42(18-21(41)5)32-24-16-25(35)30(23-11-8-9-12-26(23)36)38-33(24)43(34(45)39-32)31-20(4)15-27(40-13-10-14-40)37-29(31)19(2)3/h7-9,11-12,15-16,19,21-22H,1,10,13-14,17-18H2,2-6H3/t21-,22-/m0/s1. The smallest absolute Gasteiger partial charge is 0.355 e. The lowest BCUT2D eigenvalue weighted by atomic mass is 10.0. The van der Waals surface area contributed by atoms with Gasteiger partial charge in [0.05, 0.1) is 27.5 Å². The van der Waals surface area contributed by atoms with Gasteiger partial charge in [0.25, 0.3) is 0 Å². The Morgan fingerprint density at radius 1 is 1.09 bits per heavy atom. The van der Waals surface area contributed by atoms with Crippen LogP contribution in [0, 0.1) is 12.7 Å². The molecular weight excluding hydrogens is 593 g/mol. The summed E-state index contributed by atoms with van der Waals surface area (Å²) < 4.78 is 16.6. The van der Waals surface area contributed by atoms with E-state index in [1.165, 1.54) is 16.7 Å². The first-order chi connectivity index (χ1) is 21.5. The Hall–Kier alpha value is -4.31. The molecule has 3 aromatic heterocycles. The Bertz CT molecular complexity index is 1890. The van der Waals surface area contributed by atoms with Gasteiger partial charge in [-0.2, -0.15) is 4.98 Å². The molecule has 5 heterocycles. The minimum atomic E-state index is -0.528. The number of amides is 1. The first kappa shape index (κ1) is 30.7. The molecular formula is C34H37ClFN7O2. The van der Waals surface area contributed by atoms with Crippen molar-refractivity contribution in [2.45, 2.75) is 59.0 Å². The summed E-state index contributed by atoms with van der Waals surface area (Å²) in [6.07, 6.45) is 2.43. The minimum Gasteiger partial charge on any atom is -0.356 e. The topological polar surface area (TPSA) is 87.5 Å². The second-order valence-corrected chi connectivity index (χ2v) is 12.7. The van der Waals surface area contributed by atoms with Crippen molar-refractivity contribution in [2.75, 3.05) is 36.0 Å². The quantitative estimate of drug-likeness (QED) is 0.246. The van der Waals surface area contributed by atoms with E-state index < -0.39 is 11.5 Å². The molecule has 0 radical (unpaired) electrons. The molecule has 0 spiro atoms. The Morgan fingerprint density at radius 3 is 2.47 bits per heavy atom. The third-order valence-corrected chi connectivity index (χ3v) is 9.08. The van der Waals surface area contributed by atoms with Crippen LogP contribution in [0.25, 0.3) is 28.0 Å². The van der Waals surface area contributed by atoms with Crippen LogP contribution in [0.5, 0.6) is 0 Å². The molecule has 0 unspecified atom stereocenters. The lowest BCUT2D eigenvalue weighted by Gasteiger charge is -2.44. The second kappa shape index (κ2) is 11.9. The van der Waals surface area contributed by atoms with Gasteiger partial charge in [0.1, 0.15) is 17.5 Å². The van der Waals surface area contributed by atoms with E-state index in [2.05, 4.69) is 16.5 Å². The van der Waals surface area contributed by atoms with Gasteiger partial charge in [-0.25, -0.2) is 23.7 Å². The zero-order valence-electron chi connectivity index (χ0n) is 26.2. The van der Waals surface area contributed by atoms with Crippen LogP contribution in [0.2, 0.25) is 5.02 Å². The molecule has 2 fully saturated rings. The average Bonchev–Trinajstić information content (AvgIpc) is 2.97. The molecule has 2 atom stereocenters. The highest BCUT2D eigenvalue weighted by Gasteiger charge is 2.34. The number of carbonyl (C=O) groups is 1. The first-order valence-corrected chi connectivity index (χ1v) is 15.7. The Balaban J connectivity index is 1.63. The summed E-state index contributed by atoms with van der Waals surface area (Å²) in [6, 6.07) is 9.68. The van der Waals surface area contributed by atoms with Crippen molar-refractivity contribution in [1.29, 1.82) is 0 Å². The molecule has 6 rings (SSSR count). The predicted octanol–water partition coefficient (Wildman–Crippen LogP) is 5.89. The summed E-state index contributed by atoms with van der Waals surface area (Å²) >= 11 is 6.85. The highest BCUT2D eigenvalue weighted by Crippen LogP contribution is 2.37. The SMILES string of the molecule is C=CC(=O)N1C[C@H](C)N(c2nc(=O)n(-c3c(C)cc(N4CCC4)nc3C(C)C)c3nc(-c4ccccc4F)c(Cl)cc23)C[C@@H]1C. The number of carbonyl (C=O) groups excluding carboxylic acids is 1. The lowest BCUT2D eigenvalue weighted by Crippen LogP contribution is -2.58. The molecule has 0 bridgehead atoms. The molecule has 0 aliphatic carbocycles. The number of halogens is 2. The fraction of sp³-hybridized carbons (Fsp3) is 0.382. The van der Waals surface area contributed by atoms with Gasteiger partial charge < -0.3 is 14.7 Å². The van der Waals surface area contributed by atoms with Crippen LogP contribution in [0.1, 0.15) is 51.3 Å². The number of hydrogen-bond donors (Lipinski definition) is 0. The normalized spacial score (nSPS) is 18.4. The maximum Gasteiger partial charge on any atom is 0.355 e. The molecule has 11 heteroatoms. The van der Waals surface area contributed by atoms with E-state index in [1.807, 2.05) is 45.6 Å². The number of aryl methyl sites for hydroxylation is 1. The van der Waals surface area contributed by atoms with Gasteiger partial charge in [0.2, 0.25) is 5.91 Å². The third-order valence-electron chi connectivity index (χ3n) is 8.79. The largest absolute Gasteiger partial charge is 0.356 e. The lowest BCUT2D eigenvalue weighted by molar-refractivity contribution is -0.128. The minimum absolute atomic E-state index is 0.0174. The van der Waals surface area contributed by atoms with Gasteiger partial charge in [0, 0.05) is 43.8 Å². The molecule has 1 amide bonds. The van der Waals surface area contributed by atoms with Gasteiger partial charge in [-0.3, -0.25) is 4.79 Å². The van der Waals surface area contributed by atoms with Crippen LogP contribution in [0.4, 0.5) is 16.0 Å². The fourth-order valence-corrected chi connectivity index (χ4v) is 6.54. The van der Waals surface area contributed by atoms with Crippen molar-refractivity contribution in [3.8, 4) is 16.9 Å². The van der Waals surface area contributed by atoms with Gasteiger partial charge in [-0.15, -0.1) is 0 Å². The van der Waals surface area contributed by atoms with Crippen molar-refractivity contribution >= 4 is 40.2 Å². The molecule has 0 N–H and O–H groups in total. The van der Waals surface area contributed by atoms with Gasteiger partial charge in [-0.1, -0.05) is 44.2 Å². The number of nitrogens with zero attached hydrogens (tertiary/aromatic N) is 7. The number of hydrogen-bond acceptors (Lipinski definition) is 7. The van der Waals surface area contributed by atoms with E-state index in [1.54, 1.807) is 29.2 Å². The fourth-order valence-electron chi connectivity index (χ4n) is 6.29.